The van der Waals surface area contributed by atoms with E-state index in [1.165, 1.54) is 7.11 Å². The van der Waals surface area contributed by atoms with Crippen molar-refractivity contribution in [2.24, 2.45) is 0 Å². The molecule has 1 fully saturated rings. The number of ether oxygens (including phenoxy) is 3. The van der Waals surface area contributed by atoms with Gasteiger partial charge in [-0.25, -0.2) is 9.97 Å². The first-order chi connectivity index (χ1) is 19.4. The monoisotopic (exact) mass is 549 g/mol. The summed E-state index contributed by atoms with van der Waals surface area (Å²) in [6, 6.07) is 7.27. The zero-order valence-electron chi connectivity index (χ0n) is 23.1. The Kier molecular flexibility index (Phi) is 8.44. The lowest BCUT2D eigenvalue weighted by molar-refractivity contribution is -0.139. The molecule has 1 N–H and O–H groups in total. The summed E-state index contributed by atoms with van der Waals surface area (Å²) in [5, 5.41) is 2.99. The number of carbonyl (C=O) groups excluding carboxylic acids is 2. The van der Waals surface area contributed by atoms with Gasteiger partial charge in [0.25, 0.3) is 0 Å². The second kappa shape index (κ2) is 12.3. The number of hydrogen-bond donors (Lipinski definition) is 1. The third-order valence-corrected chi connectivity index (χ3v) is 6.96. The Morgan fingerprint density at radius 2 is 1.95 bits per heavy atom. The van der Waals surface area contributed by atoms with E-state index < -0.39 is 0 Å². The number of benzene rings is 1. The van der Waals surface area contributed by atoms with Gasteiger partial charge in [0.15, 0.2) is 11.5 Å². The highest BCUT2D eigenvalue weighted by atomic mass is 16.6. The van der Waals surface area contributed by atoms with Crippen LogP contribution in [0, 0.1) is 0 Å². The fraction of sp³-hybridized carbons (Fsp3) is 0.464. The fourth-order valence-corrected chi connectivity index (χ4v) is 4.85. The molecule has 1 saturated heterocycles. The molecule has 0 bridgehead atoms. The predicted octanol–water partition coefficient (Wildman–Crippen LogP) is 1.93. The van der Waals surface area contributed by atoms with Crippen LogP contribution in [0.4, 0.5) is 5.82 Å². The van der Waals surface area contributed by atoms with Gasteiger partial charge in [-0.2, -0.15) is 4.98 Å². The van der Waals surface area contributed by atoms with Crippen LogP contribution in [0.3, 0.4) is 0 Å². The number of fused-ring (bicyclic) bond motifs is 1. The number of anilines is 1. The minimum absolute atomic E-state index is 0.0366. The molecule has 0 aliphatic carbocycles. The lowest BCUT2D eigenvalue weighted by Crippen LogP contribution is -2.57. The Morgan fingerprint density at radius 3 is 2.70 bits per heavy atom. The average Bonchev–Trinajstić information content (AvgIpc) is 3.51. The van der Waals surface area contributed by atoms with Crippen LogP contribution < -0.4 is 19.7 Å². The largest absolute Gasteiger partial charge is 0.486 e. The molecule has 1 atom stereocenters. The van der Waals surface area contributed by atoms with Crippen molar-refractivity contribution in [2.75, 3.05) is 51.5 Å². The summed E-state index contributed by atoms with van der Waals surface area (Å²) in [6.45, 7) is 6.97. The summed E-state index contributed by atoms with van der Waals surface area (Å²) >= 11 is 0. The third kappa shape index (κ3) is 6.33. The van der Waals surface area contributed by atoms with Crippen LogP contribution >= 0.6 is 0 Å². The molecule has 1 unspecified atom stereocenters. The first-order valence-corrected chi connectivity index (χ1v) is 13.5. The van der Waals surface area contributed by atoms with Crippen molar-refractivity contribution in [2.45, 2.75) is 38.8 Å². The number of hydrogen-bond acceptors (Lipinski definition) is 9. The summed E-state index contributed by atoms with van der Waals surface area (Å²) in [7, 11) is 1.50. The molecule has 2 amide bonds. The summed E-state index contributed by atoms with van der Waals surface area (Å²) in [6.07, 6.45) is 5.30. The normalized spacial score (nSPS) is 16.8. The van der Waals surface area contributed by atoms with Crippen LogP contribution in [0.25, 0.3) is 5.95 Å². The first-order valence-electron chi connectivity index (χ1n) is 13.5. The number of amides is 2. The van der Waals surface area contributed by atoms with Gasteiger partial charge in [-0.3, -0.25) is 14.2 Å². The van der Waals surface area contributed by atoms with Crippen LogP contribution in [0.2, 0.25) is 0 Å². The molecule has 0 spiro atoms. The van der Waals surface area contributed by atoms with Crippen LogP contribution in [0.5, 0.6) is 11.5 Å². The van der Waals surface area contributed by atoms with Crippen molar-refractivity contribution in [3.05, 3.63) is 54.2 Å². The van der Waals surface area contributed by atoms with E-state index in [0.29, 0.717) is 56.8 Å². The fourth-order valence-electron chi connectivity index (χ4n) is 4.85. The lowest BCUT2D eigenvalue weighted by atomic mass is 10.1. The summed E-state index contributed by atoms with van der Waals surface area (Å²) in [4.78, 5) is 43.5. The van der Waals surface area contributed by atoms with Crippen molar-refractivity contribution in [3.63, 3.8) is 0 Å². The smallest absolute Gasteiger partial charge is 0.248 e. The molecule has 1 aromatic carbocycles. The van der Waals surface area contributed by atoms with Crippen molar-refractivity contribution in [3.8, 4) is 17.4 Å². The Hall–Kier alpha value is -4.19. The van der Waals surface area contributed by atoms with Gasteiger partial charge < -0.3 is 29.3 Å². The van der Waals surface area contributed by atoms with Crippen molar-refractivity contribution in [1.29, 1.82) is 0 Å². The van der Waals surface area contributed by atoms with E-state index in [9.17, 15) is 9.59 Å². The number of carbonyl (C=O) groups is 2. The maximum Gasteiger partial charge on any atom is 0.248 e. The standard InChI is InChI=1S/C28H35N7O5/c1-19(2)22-14-25(32-28(31-22)34-7-6-29-18-34)33-8-9-35(27(37)17-38-3)21(16-33)13-26(36)30-15-20-4-5-23-24(12-20)40-11-10-39-23/h4-7,12,14,18-19,21H,8-11,13,15-17H2,1-3H3,(H,30,36). The molecule has 12 heteroatoms. The Balaban J connectivity index is 1.31. The number of imidazole rings is 1. The highest BCUT2D eigenvalue weighted by Crippen LogP contribution is 2.30. The number of methoxy groups -OCH3 is 1. The summed E-state index contributed by atoms with van der Waals surface area (Å²) in [5.41, 5.74) is 1.81. The molecule has 40 heavy (non-hydrogen) atoms. The SMILES string of the molecule is COCC(=O)N1CCN(c2cc(C(C)C)nc(-n3ccnc3)n2)CC1CC(=O)NCc1ccc2c(c1)OCCO2. The van der Waals surface area contributed by atoms with Gasteiger partial charge in [-0.1, -0.05) is 19.9 Å². The minimum atomic E-state index is -0.356. The van der Waals surface area contributed by atoms with E-state index in [4.69, 9.17) is 24.2 Å². The maximum absolute atomic E-state index is 13.1. The van der Waals surface area contributed by atoms with Gasteiger partial charge in [0.05, 0.1) is 11.7 Å². The number of aromatic nitrogens is 4. The molecule has 0 saturated carbocycles. The second-order valence-electron chi connectivity index (χ2n) is 10.2. The first kappa shape index (κ1) is 27.4. The number of nitrogens with zero attached hydrogens (tertiary/aromatic N) is 6. The van der Waals surface area contributed by atoms with E-state index >= 15 is 0 Å². The van der Waals surface area contributed by atoms with Crippen molar-refractivity contribution < 1.29 is 23.8 Å². The van der Waals surface area contributed by atoms with Gasteiger partial charge in [-0.05, 0) is 23.6 Å². The van der Waals surface area contributed by atoms with Gasteiger partial charge >= 0.3 is 0 Å². The number of rotatable bonds is 9. The quantitative estimate of drug-likeness (QED) is 0.426. The molecule has 2 aliphatic rings. The van der Waals surface area contributed by atoms with Gasteiger partial charge in [0.2, 0.25) is 17.8 Å². The molecular formula is C28H35N7O5. The topological polar surface area (TPSA) is 124 Å². The van der Waals surface area contributed by atoms with Gasteiger partial charge in [0.1, 0.15) is 32.0 Å². The zero-order valence-corrected chi connectivity index (χ0v) is 23.1. The van der Waals surface area contributed by atoms with E-state index in [1.54, 1.807) is 28.2 Å². The zero-order chi connectivity index (χ0) is 28.1. The Labute approximate surface area is 233 Å². The number of nitrogens with one attached hydrogen (secondary N) is 1. The van der Waals surface area contributed by atoms with E-state index in [-0.39, 0.29) is 36.8 Å². The van der Waals surface area contributed by atoms with E-state index in [1.807, 2.05) is 24.3 Å². The minimum Gasteiger partial charge on any atom is -0.486 e. The van der Waals surface area contributed by atoms with Gasteiger partial charge in [-0.15, -0.1) is 0 Å². The molecule has 3 aromatic rings. The molecule has 212 valence electrons. The average molecular weight is 550 g/mol. The van der Waals surface area contributed by atoms with Crippen LogP contribution in [0.15, 0.2) is 43.0 Å². The van der Waals surface area contributed by atoms with E-state index in [2.05, 4.69) is 29.0 Å². The van der Waals surface area contributed by atoms with Crippen molar-refractivity contribution in [1.82, 2.24) is 29.7 Å². The Bertz CT molecular complexity index is 1330. The highest BCUT2D eigenvalue weighted by Gasteiger charge is 2.33. The second-order valence-corrected chi connectivity index (χ2v) is 10.2. The molecule has 0 radical (unpaired) electrons. The van der Waals surface area contributed by atoms with E-state index in [0.717, 1.165) is 17.1 Å². The van der Waals surface area contributed by atoms with Crippen LogP contribution in [-0.4, -0.2) is 88.8 Å². The van der Waals surface area contributed by atoms with Crippen LogP contribution in [0.1, 0.15) is 37.4 Å². The Morgan fingerprint density at radius 1 is 1.12 bits per heavy atom. The highest BCUT2D eigenvalue weighted by molar-refractivity contribution is 5.81. The molecule has 4 heterocycles. The lowest BCUT2D eigenvalue weighted by Gasteiger charge is -2.42. The predicted molar refractivity (Wildman–Crippen MR) is 147 cm³/mol. The summed E-state index contributed by atoms with van der Waals surface area (Å²) < 4.78 is 18.1. The van der Waals surface area contributed by atoms with Crippen molar-refractivity contribution >= 4 is 17.6 Å². The molecule has 2 aromatic heterocycles. The maximum atomic E-state index is 13.1. The molecule has 5 rings (SSSR count). The molecule has 2 aliphatic heterocycles. The molecular weight excluding hydrogens is 514 g/mol. The van der Waals surface area contributed by atoms with Crippen LogP contribution in [-0.2, 0) is 20.9 Å². The number of piperazine rings is 1. The van der Waals surface area contributed by atoms with Gasteiger partial charge in [0, 0.05) is 58.2 Å². The third-order valence-electron chi connectivity index (χ3n) is 6.96. The summed E-state index contributed by atoms with van der Waals surface area (Å²) in [5.74, 6) is 2.57. The molecule has 12 nitrogen and oxygen atoms in total.